The average Bonchev–Trinajstić information content (AvgIpc) is 2.88. The van der Waals surface area contributed by atoms with E-state index < -0.39 is 5.97 Å². The molecule has 1 atom stereocenters. The van der Waals surface area contributed by atoms with Gasteiger partial charge in [0.05, 0.1) is 19.3 Å². The maximum Gasteiger partial charge on any atom is 0.358 e. The summed E-state index contributed by atoms with van der Waals surface area (Å²) in [5.74, 6) is -0.565. The van der Waals surface area contributed by atoms with Crippen LogP contribution in [0.4, 0.5) is 0 Å². The number of morpholine rings is 1. The Kier molecular flexibility index (Phi) is 4.89. The number of likely N-dealkylation sites (N-methyl/N-ethyl adjacent to an activating group) is 1. The van der Waals surface area contributed by atoms with Gasteiger partial charge in [-0.15, -0.1) is 0 Å². The molecule has 0 saturated carbocycles. The monoisotopic (exact) mass is 269 g/mol. The van der Waals surface area contributed by atoms with E-state index in [4.69, 9.17) is 14.4 Å². The summed E-state index contributed by atoms with van der Waals surface area (Å²) in [5.41, 5.74) is -0.0668. The minimum atomic E-state index is -1.08. The highest BCUT2D eigenvalue weighted by atomic mass is 16.5. The van der Waals surface area contributed by atoms with Gasteiger partial charge in [-0.05, 0) is 6.54 Å². The third-order valence-electron chi connectivity index (χ3n) is 3.12. The van der Waals surface area contributed by atoms with Crippen molar-refractivity contribution < 1.29 is 19.2 Å². The van der Waals surface area contributed by atoms with Crippen LogP contribution in [0.2, 0.25) is 0 Å². The van der Waals surface area contributed by atoms with E-state index in [1.807, 2.05) is 0 Å². The van der Waals surface area contributed by atoms with Crippen LogP contribution in [0.3, 0.4) is 0 Å². The van der Waals surface area contributed by atoms with Gasteiger partial charge in [-0.3, -0.25) is 4.90 Å². The van der Waals surface area contributed by atoms with Crippen LogP contribution in [0, 0.1) is 0 Å². The fourth-order valence-corrected chi connectivity index (χ4v) is 2.04. The first kappa shape index (κ1) is 14.0. The Morgan fingerprint density at radius 1 is 1.68 bits per heavy atom. The van der Waals surface area contributed by atoms with E-state index in [1.54, 1.807) is 0 Å². The number of nitrogens with zero attached hydrogens (tertiary/aromatic N) is 2. The zero-order chi connectivity index (χ0) is 13.7. The SMILES string of the molecule is CCN1CCOC(CNCc2cc(C(=O)O)no2)C1. The second-order valence-corrected chi connectivity index (χ2v) is 4.50. The van der Waals surface area contributed by atoms with Gasteiger partial charge in [0.2, 0.25) is 0 Å². The lowest BCUT2D eigenvalue weighted by atomic mass is 10.2. The van der Waals surface area contributed by atoms with Gasteiger partial charge in [-0.25, -0.2) is 4.79 Å². The summed E-state index contributed by atoms with van der Waals surface area (Å²) in [5, 5.41) is 15.4. The molecule has 1 saturated heterocycles. The van der Waals surface area contributed by atoms with E-state index >= 15 is 0 Å². The van der Waals surface area contributed by atoms with Crippen molar-refractivity contribution in [1.82, 2.24) is 15.4 Å². The maximum absolute atomic E-state index is 10.6. The average molecular weight is 269 g/mol. The Bertz CT molecular complexity index is 421. The van der Waals surface area contributed by atoms with E-state index in [9.17, 15) is 4.79 Å². The summed E-state index contributed by atoms with van der Waals surface area (Å²) in [4.78, 5) is 13.0. The fraction of sp³-hybridized carbons (Fsp3) is 0.667. The molecule has 0 bridgehead atoms. The van der Waals surface area contributed by atoms with Gasteiger partial charge in [0.25, 0.3) is 0 Å². The smallest absolute Gasteiger partial charge is 0.358 e. The lowest BCUT2D eigenvalue weighted by Gasteiger charge is -2.32. The lowest BCUT2D eigenvalue weighted by Crippen LogP contribution is -2.46. The minimum Gasteiger partial charge on any atom is -0.476 e. The first-order valence-corrected chi connectivity index (χ1v) is 6.42. The molecule has 1 unspecified atom stereocenters. The van der Waals surface area contributed by atoms with Crippen molar-refractivity contribution >= 4 is 5.97 Å². The quantitative estimate of drug-likeness (QED) is 0.761. The molecule has 0 amide bonds. The van der Waals surface area contributed by atoms with Gasteiger partial charge in [-0.1, -0.05) is 12.1 Å². The molecule has 2 heterocycles. The Morgan fingerprint density at radius 2 is 2.53 bits per heavy atom. The standard InChI is InChI=1S/C12H19N3O4/c1-2-15-3-4-18-10(8-15)7-13-6-9-5-11(12(16)17)14-19-9/h5,10,13H,2-4,6-8H2,1H3,(H,16,17). The highest BCUT2D eigenvalue weighted by Crippen LogP contribution is 2.05. The molecule has 0 aliphatic carbocycles. The van der Waals surface area contributed by atoms with Crippen LogP contribution in [0.15, 0.2) is 10.6 Å². The molecule has 1 aromatic heterocycles. The summed E-state index contributed by atoms with van der Waals surface area (Å²) < 4.78 is 10.6. The molecule has 2 N–H and O–H groups in total. The van der Waals surface area contributed by atoms with Crippen LogP contribution in [0.5, 0.6) is 0 Å². The fourth-order valence-electron chi connectivity index (χ4n) is 2.04. The number of carbonyl (C=O) groups is 1. The predicted molar refractivity (Wildman–Crippen MR) is 67.0 cm³/mol. The van der Waals surface area contributed by atoms with Gasteiger partial charge in [0.15, 0.2) is 11.5 Å². The third kappa shape index (κ3) is 4.02. The summed E-state index contributed by atoms with van der Waals surface area (Å²) in [6, 6.07) is 1.43. The van der Waals surface area contributed by atoms with E-state index in [0.717, 1.165) is 26.2 Å². The van der Waals surface area contributed by atoms with Crippen molar-refractivity contribution in [3.05, 3.63) is 17.5 Å². The van der Waals surface area contributed by atoms with Crippen LogP contribution < -0.4 is 5.32 Å². The van der Waals surface area contributed by atoms with Crippen molar-refractivity contribution in [2.24, 2.45) is 0 Å². The van der Waals surface area contributed by atoms with Gasteiger partial charge in [-0.2, -0.15) is 0 Å². The summed E-state index contributed by atoms with van der Waals surface area (Å²) in [6.07, 6.45) is 0.163. The molecule has 0 radical (unpaired) electrons. The lowest BCUT2D eigenvalue weighted by molar-refractivity contribution is -0.0255. The topological polar surface area (TPSA) is 87.8 Å². The van der Waals surface area contributed by atoms with Crippen LogP contribution in [-0.4, -0.2) is 60.0 Å². The van der Waals surface area contributed by atoms with Crippen molar-refractivity contribution in [1.29, 1.82) is 0 Å². The molecular formula is C12H19N3O4. The number of aromatic carboxylic acids is 1. The number of ether oxygens (including phenoxy) is 1. The van der Waals surface area contributed by atoms with Crippen LogP contribution >= 0.6 is 0 Å². The summed E-state index contributed by atoms with van der Waals surface area (Å²) in [6.45, 7) is 6.98. The first-order valence-electron chi connectivity index (χ1n) is 6.42. The van der Waals surface area contributed by atoms with Crippen molar-refractivity contribution in [3.63, 3.8) is 0 Å². The second-order valence-electron chi connectivity index (χ2n) is 4.50. The number of carboxylic acid groups (broad SMARTS) is 1. The first-order chi connectivity index (χ1) is 9.19. The predicted octanol–water partition coefficient (Wildman–Crippen LogP) is 0.183. The summed E-state index contributed by atoms with van der Waals surface area (Å²) >= 11 is 0. The van der Waals surface area contributed by atoms with E-state index in [0.29, 0.717) is 18.8 Å². The molecular weight excluding hydrogens is 250 g/mol. The van der Waals surface area contributed by atoms with Crippen LogP contribution in [0.1, 0.15) is 23.2 Å². The normalized spacial score (nSPS) is 20.6. The zero-order valence-corrected chi connectivity index (χ0v) is 11.0. The molecule has 1 aliphatic rings. The molecule has 2 rings (SSSR count). The van der Waals surface area contributed by atoms with Crippen LogP contribution in [-0.2, 0) is 11.3 Å². The Balaban J connectivity index is 1.72. The highest BCUT2D eigenvalue weighted by Gasteiger charge is 2.19. The number of carboxylic acids is 1. The number of hydrogen-bond acceptors (Lipinski definition) is 6. The Morgan fingerprint density at radius 3 is 3.21 bits per heavy atom. The minimum absolute atomic E-state index is 0.0668. The molecule has 0 spiro atoms. The number of aromatic nitrogens is 1. The molecule has 7 nitrogen and oxygen atoms in total. The number of rotatable bonds is 6. The molecule has 106 valence electrons. The van der Waals surface area contributed by atoms with E-state index in [-0.39, 0.29) is 11.8 Å². The maximum atomic E-state index is 10.6. The van der Waals surface area contributed by atoms with Crippen molar-refractivity contribution in [3.8, 4) is 0 Å². The van der Waals surface area contributed by atoms with E-state index in [2.05, 4.69) is 22.3 Å². The molecule has 1 aliphatic heterocycles. The van der Waals surface area contributed by atoms with Gasteiger partial charge in [0, 0.05) is 25.7 Å². The van der Waals surface area contributed by atoms with Crippen molar-refractivity contribution in [2.75, 3.05) is 32.8 Å². The molecule has 1 fully saturated rings. The summed E-state index contributed by atoms with van der Waals surface area (Å²) in [7, 11) is 0. The molecule has 1 aromatic rings. The van der Waals surface area contributed by atoms with E-state index in [1.165, 1.54) is 6.07 Å². The molecule has 0 aromatic carbocycles. The number of hydrogen-bond donors (Lipinski definition) is 2. The van der Waals surface area contributed by atoms with Gasteiger partial charge >= 0.3 is 5.97 Å². The molecule has 19 heavy (non-hydrogen) atoms. The second kappa shape index (κ2) is 6.65. The third-order valence-corrected chi connectivity index (χ3v) is 3.12. The van der Waals surface area contributed by atoms with Crippen molar-refractivity contribution in [2.45, 2.75) is 19.6 Å². The van der Waals surface area contributed by atoms with Crippen LogP contribution in [0.25, 0.3) is 0 Å². The number of nitrogens with one attached hydrogen (secondary N) is 1. The zero-order valence-electron chi connectivity index (χ0n) is 11.0. The Labute approximate surface area is 111 Å². The Hall–Kier alpha value is -1.44. The molecule has 7 heteroatoms. The largest absolute Gasteiger partial charge is 0.476 e. The highest BCUT2D eigenvalue weighted by molar-refractivity contribution is 5.85. The van der Waals surface area contributed by atoms with Gasteiger partial charge < -0.3 is 19.7 Å². The van der Waals surface area contributed by atoms with Gasteiger partial charge in [0.1, 0.15) is 0 Å².